The quantitative estimate of drug-likeness (QED) is 0.562. The maximum absolute atomic E-state index is 12.1. The van der Waals surface area contributed by atoms with Crippen molar-refractivity contribution < 1.29 is 14.3 Å². The molecular formula is C22H30N4O3S. The van der Waals surface area contributed by atoms with E-state index in [4.69, 9.17) is 4.74 Å². The van der Waals surface area contributed by atoms with E-state index in [-0.39, 0.29) is 12.0 Å². The Labute approximate surface area is 181 Å². The van der Waals surface area contributed by atoms with Crippen LogP contribution in [0.1, 0.15) is 32.2 Å². The van der Waals surface area contributed by atoms with Crippen LogP contribution in [0, 0.1) is 0 Å². The van der Waals surface area contributed by atoms with Gasteiger partial charge in [-0.25, -0.2) is 9.78 Å². The van der Waals surface area contributed by atoms with Crippen LogP contribution in [0.2, 0.25) is 0 Å². The highest BCUT2D eigenvalue weighted by Crippen LogP contribution is 2.22. The molecule has 2 aromatic rings. The number of carbonyl (C=O) groups excluding carboxylic acids is 2. The fourth-order valence-electron chi connectivity index (χ4n) is 3.16. The molecule has 1 aliphatic rings. The summed E-state index contributed by atoms with van der Waals surface area (Å²) >= 11 is 1.57. The number of rotatable bonds is 6. The molecule has 8 heteroatoms. The molecule has 0 radical (unpaired) electrons. The molecule has 1 fully saturated rings. The molecule has 1 aliphatic heterocycles. The van der Waals surface area contributed by atoms with Gasteiger partial charge >= 0.3 is 6.09 Å². The molecule has 0 saturated carbocycles. The average molecular weight is 431 g/mol. The third kappa shape index (κ3) is 6.81. The highest BCUT2D eigenvalue weighted by molar-refractivity contribution is 7.19. The van der Waals surface area contributed by atoms with Crippen LogP contribution in [0.15, 0.2) is 30.3 Å². The van der Waals surface area contributed by atoms with Gasteiger partial charge in [0, 0.05) is 38.8 Å². The van der Waals surface area contributed by atoms with E-state index in [0.717, 1.165) is 41.3 Å². The van der Waals surface area contributed by atoms with Crippen molar-refractivity contribution >= 4 is 39.6 Å². The van der Waals surface area contributed by atoms with Gasteiger partial charge in [0.05, 0.1) is 10.2 Å². The first-order chi connectivity index (χ1) is 14.3. The third-order valence-electron chi connectivity index (χ3n) is 4.66. The Bertz CT molecular complexity index is 862. The van der Waals surface area contributed by atoms with Crippen molar-refractivity contribution in [3.8, 4) is 0 Å². The lowest BCUT2D eigenvalue weighted by molar-refractivity contribution is -0.116. The van der Waals surface area contributed by atoms with Gasteiger partial charge in [0.15, 0.2) is 0 Å². The Balaban J connectivity index is 1.31. The normalized spacial score (nSPS) is 15.6. The number of para-hydroxylation sites is 1. The predicted molar refractivity (Wildman–Crippen MR) is 121 cm³/mol. The van der Waals surface area contributed by atoms with Crippen molar-refractivity contribution in [2.75, 3.05) is 39.3 Å². The number of thiazole rings is 1. The smallest absolute Gasteiger partial charge is 0.410 e. The Morgan fingerprint density at radius 2 is 1.93 bits per heavy atom. The van der Waals surface area contributed by atoms with Gasteiger partial charge in [-0.3, -0.25) is 9.69 Å². The number of fused-ring (bicyclic) bond motifs is 1. The van der Waals surface area contributed by atoms with Gasteiger partial charge in [-0.2, -0.15) is 0 Å². The largest absolute Gasteiger partial charge is 0.444 e. The molecule has 30 heavy (non-hydrogen) atoms. The second kappa shape index (κ2) is 10.0. The summed E-state index contributed by atoms with van der Waals surface area (Å²) in [6.07, 6.45) is 3.93. The second-order valence-electron chi connectivity index (χ2n) is 8.31. The maximum Gasteiger partial charge on any atom is 0.410 e. The van der Waals surface area contributed by atoms with Gasteiger partial charge < -0.3 is 15.0 Å². The fraction of sp³-hybridized carbons (Fsp3) is 0.500. The minimum absolute atomic E-state index is 0.107. The van der Waals surface area contributed by atoms with Gasteiger partial charge in [-0.05, 0) is 51.9 Å². The summed E-state index contributed by atoms with van der Waals surface area (Å²) in [6.45, 7) is 10.1. The molecule has 2 heterocycles. The van der Waals surface area contributed by atoms with Gasteiger partial charge in [-0.1, -0.05) is 12.1 Å². The van der Waals surface area contributed by atoms with Crippen LogP contribution >= 0.6 is 11.3 Å². The van der Waals surface area contributed by atoms with E-state index in [0.29, 0.717) is 19.6 Å². The standard InChI is InChI=1S/C22H30N4O3S/c1-22(2,3)29-21(28)26-15-13-25(14-16-26)12-6-11-23-19(27)9-10-20-24-17-7-4-5-8-18(17)30-20/h4-5,7-10H,6,11-16H2,1-3H3,(H,23,27)/b10-9+. The zero-order chi connectivity index (χ0) is 21.6. The number of piperazine rings is 1. The number of hydrogen-bond acceptors (Lipinski definition) is 6. The van der Waals surface area contributed by atoms with Crippen molar-refractivity contribution in [1.29, 1.82) is 0 Å². The number of amides is 2. The van der Waals surface area contributed by atoms with Crippen LogP contribution in [-0.2, 0) is 9.53 Å². The number of hydrogen-bond donors (Lipinski definition) is 1. The molecule has 1 aromatic heterocycles. The summed E-state index contributed by atoms with van der Waals surface area (Å²) in [6, 6.07) is 7.94. The van der Waals surface area contributed by atoms with Crippen molar-refractivity contribution in [3.63, 3.8) is 0 Å². The number of benzene rings is 1. The molecule has 0 aliphatic carbocycles. The van der Waals surface area contributed by atoms with Crippen LogP contribution in [-0.4, -0.2) is 71.7 Å². The molecule has 1 aromatic carbocycles. The first-order valence-electron chi connectivity index (χ1n) is 10.3. The topological polar surface area (TPSA) is 74.8 Å². The average Bonchev–Trinajstić information content (AvgIpc) is 3.12. The van der Waals surface area contributed by atoms with Crippen molar-refractivity contribution in [2.24, 2.45) is 0 Å². The highest BCUT2D eigenvalue weighted by Gasteiger charge is 2.25. The van der Waals surface area contributed by atoms with Crippen LogP contribution in [0.3, 0.4) is 0 Å². The summed E-state index contributed by atoms with van der Waals surface area (Å²) in [5, 5.41) is 3.75. The molecule has 1 N–H and O–H groups in total. The lowest BCUT2D eigenvalue weighted by Crippen LogP contribution is -2.50. The summed E-state index contributed by atoms with van der Waals surface area (Å²) in [5.41, 5.74) is 0.489. The molecule has 7 nitrogen and oxygen atoms in total. The SMILES string of the molecule is CC(C)(C)OC(=O)N1CCN(CCCNC(=O)/C=C/c2nc3ccccc3s2)CC1. The number of nitrogens with zero attached hydrogens (tertiary/aromatic N) is 3. The molecule has 0 atom stereocenters. The van der Waals surface area contributed by atoms with Crippen LogP contribution in [0.5, 0.6) is 0 Å². The van der Waals surface area contributed by atoms with Crippen molar-refractivity contribution in [1.82, 2.24) is 20.1 Å². The van der Waals surface area contributed by atoms with Gasteiger partial charge in [0.2, 0.25) is 5.91 Å². The number of aromatic nitrogens is 1. The molecule has 0 spiro atoms. The Morgan fingerprint density at radius 3 is 2.63 bits per heavy atom. The molecule has 2 amide bonds. The minimum atomic E-state index is -0.464. The highest BCUT2D eigenvalue weighted by atomic mass is 32.1. The van der Waals surface area contributed by atoms with Gasteiger partial charge in [-0.15, -0.1) is 11.3 Å². The van der Waals surface area contributed by atoms with E-state index in [1.165, 1.54) is 6.08 Å². The first kappa shape index (κ1) is 22.2. The van der Waals surface area contributed by atoms with Crippen molar-refractivity contribution in [2.45, 2.75) is 32.8 Å². The first-order valence-corrected chi connectivity index (χ1v) is 11.1. The van der Waals surface area contributed by atoms with E-state index in [1.54, 1.807) is 22.3 Å². The molecule has 0 bridgehead atoms. The van der Waals surface area contributed by atoms with Gasteiger partial charge in [0.1, 0.15) is 10.6 Å². The second-order valence-corrected chi connectivity index (χ2v) is 9.37. The summed E-state index contributed by atoms with van der Waals surface area (Å²) < 4.78 is 6.54. The summed E-state index contributed by atoms with van der Waals surface area (Å²) in [5.74, 6) is -0.107. The summed E-state index contributed by atoms with van der Waals surface area (Å²) in [4.78, 5) is 32.7. The molecule has 3 rings (SSSR count). The van der Waals surface area contributed by atoms with E-state index in [1.807, 2.05) is 45.0 Å². The number of ether oxygens (including phenoxy) is 1. The summed E-state index contributed by atoms with van der Waals surface area (Å²) in [7, 11) is 0. The Hall–Kier alpha value is -2.45. The molecule has 0 unspecified atom stereocenters. The Kier molecular flexibility index (Phi) is 7.44. The zero-order valence-electron chi connectivity index (χ0n) is 17.9. The zero-order valence-corrected chi connectivity index (χ0v) is 18.7. The minimum Gasteiger partial charge on any atom is -0.444 e. The number of nitrogens with one attached hydrogen (secondary N) is 1. The molecule has 1 saturated heterocycles. The monoisotopic (exact) mass is 430 g/mol. The lowest BCUT2D eigenvalue weighted by atomic mass is 10.2. The van der Waals surface area contributed by atoms with Crippen LogP contribution in [0.4, 0.5) is 4.79 Å². The lowest BCUT2D eigenvalue weighted by Gasteiger charge is -2.35. The predicted octanol–water partition coefficient (Wildman–Crippen LogP) is 3.37. The maximum atomic E-state index is 12.1. The van der Waals surface area contributed by atoms with E-state index in [9.17, 15) is 9.59 Å². The van der Waals surface area contributed by atoms with Crippen molar-refractivity contribution in [3.05, 3.63) is 35.3 Å². The fourth-order valence-corrected chi connectivity index (χ4v) is 4.03. The Morgan fingerprint density at radius 1 is 1.20 bits per heavy atom. The third-order valence-corrected chi connectivity index (χ3v) is 5.66. The van der Waals surface area contributed by atoms with E-state index < -0.39 is 5.60 Å². The van der Waals surface area contributed by atoms with E-state index in [2.05, 4.69) is 15.2 Å². The van der Waals surface area contributed by atoms with E-state index >= 15 is 0 Å². The van der Waals surface area contributed by atoms with Crippen LogP contribution in [0.25, 0.3) is 16.3 Å². The number of carbonyl (C=O) groups is 2. The van der Waals surface area contributed by atoms with Crippen LogP contribution < -0.4 is 5.32 Å². The van der Waals surface area contributed by atoms with Gasteiger partial charge in [0.25, 0.3) is 0 Å². The molecular weight excluding hydrogens is 400 g/mol. The molecule has 162 valence electrons.